The van der Waals surface area contributed by atoms with Crippen LogP contribution in [0.1, 0.15) is 16.7 Å². The van der Waals surface area contributed by atoms with Gasteiger partial charge in [-0.15, -0.1) is 0 Å². The van der Waals surface area contributed by atoms with E-state index in [9.17, 15) is 12.8 Å². The number of rotatable bonds is 6. The lowest BCUT2D eigenvalue weighted by Gasteiger charge is -2.08. The summed E-state index contributed by atoms with van der Waals surface area (Å²) < 4.78 is 39.6. The second-order valence-corrected chi connectivity index (χ2v) is 6.46. The molecule has 0 unspecified atom stereocenters. The van der Waals surface area contributed by atoms with Crippen molar-refractivity contribution in [3.63, 3.8) is 0 Å². The maximum Gasteiger partial charge on any atom is 0.216 e. The van der Waals surface area contributed by atoms with Gasteiger partial charge in [-0.2, -0.15) is 0 Å². The quantitative estimate of drug-likeness (QED) is 0.857. The monoisotopic (exact) mass is 309 g/mol. The van der Waals surface area contributed by atoms with Crippen LogP contribution in [0.3, 0.4) is 0 Å². The lowest BCUT2D eigenvalue weighted by molar-refractivity contribution is 0.275. The average Bonchev–Trinajstić information content (AvgIpc) is 2.47. The Hall–Kier alpha value is -1.76. The van der Waals surface area contributed by atoms with Gasteiger partial charge in [0.1, 0.15) is 5.82 Å². The van der Waals surface area contributed by atoms with Gasteiger partial charge in [-0.05, 0) is 23.3 Å². The largest absolute Gasteiger partial charge is 0.392 e. The standard InChI is InChI=1S/C15H16FNO3S/c16-15-7-6-13(8-14(15)10-18)9-17-21(19,20)11-12-4-2-1-3-5-12/h1-8,17-18H,9-11H2. The number of aliphatic hydroxyl groups excluding tert-OH is 1. The number of hydrogen-bond donors (Lipinski definition) is 2. The first kappa shape index (κ1) is 15.6. The highest BCUT2D eigenvalue weighted by atomic mass is 32.2. The third-order valence-corrected chi connectivity index (χ3v) is 4.27. The summed E-state index contributed by atoms with van der Waals surface area (Å²) in [6, 6.07) is 13.0. The molecule has 0 atom stereocenters. The summed E-state index contributed by atoms with van der Waals surface area (Å²) in [5.41, 5.74) is 1.44. The molecule has 0 bridgehead atoms. The molecule has 0 radical (unpaired) electrons. The van der Waals surface area contributed by atoms with Crippen LogP contribution in [0.4, 0.5) is 4.39 Å². The first-order chi connectivity index (χ1) is 10.00. The molecule has 0 aliphatic carbocycles. The molecule has 0 aliphatic heterocycles. The van der Waals surface area contributed by atoms with Gasteiger partial charge < -0.3 is 5.11 Å². The van der Waals surface area contributed by atoms with Crippen molar-refractivity contribution in [2.24, 2.45) is 0 Å². The van der Waals surface area contributed by atoms with Crippen LogP contribution < -0.4 is 4.72 Å². The lowest BCUT2D eigenvalue weighted by Crippen LogP contribution is -2.24. The second kappa shape index (κ2) is 6.80. The van der Waals surface area contributed by atoms with Crippen LogP contribution in [0.2, 0.25) is 0 Å². The van der Waals surface area contributed by atoms with Gasteiger partial charge in [-0.3, -0.25) is 0 Å². The lowest BCUT2D eigenvalue weighted by atomic mass is 10.1. The number of nitrogens with one attached hydrogen (secondary N) is 1. The van der Waals surface area contributed by atoms with Crippen LogP contribution >= 0.6 is 0 Å². The van der Waals surface area contributed by atoms with Gasteiger partial charge in [0.05, 0.1) is 12.4 Å². The molecule has 2 aromatic carbocycles. The number of benzene rings is 2. The predicted octanol–water partition coefficient (Wildman–Crippen LogP) is 1.94. The summed E-state index contributed by atoms with van der Waals surface area (Å²) in [7, 11) is -3.47. The zero-order valence-electron chi connectivity index (χ0n) is 11.3. The molecule has 2 aromatic rings. The predicted molar refractivity (Wildman–Crippen MR) is 78.2 cm³/mol. The van der Waals surface area contributed by atoms with E-state index < -0.39 is 22.4 Å². The molecular formula is C15H16FNO3S. The van der Waals surface area contributed by atoms with E-state index in [0.717, 1.165) is 0 Å². The van der Waals surface area contributed by atoms with E-state index in [1.165, 1.54) is 18.2 Å². The Kier molecular flexibility index (Phi) is 5.06. The Labute approximate surface area is 123 Å². The maximum atomic E-state index is 13.2. The number of aliphatic hydroxyl groups is 1. The highest BCUT2D eigenvalue weighted by molar-refractivity contribution is 7.88. The van der Waals surface area contributed by atoms with Crippen LogP contribution in [-0.2, 0) is 28.9 Å². The molecule has 0 fully saturated rings. The highest BCUT2D eigenvalue weighted by Crippen LogP contribution is 2.11. The van der Waals surface area contributed by atoms with E-state index in [1.54, 1.807) is 24.3 Å². The SMILES string of the molecule is O=S(=O)(Cc1ccccc1)NCc1ccc(F)c(CO)c1. The molecule has 112 valence electrons. The van der Waals surface area contributed by atoms with Crippen molar-refractivity contribution < 1.29 is 17.9 Å². The van der Waals surface area contributed by atoms with Crippen molar-refractivity contribution in [1.29, 1.82) is 0 Å². The van der Waals surface area contributed by atoms with Gasteiger partial charge in [0.25, 0.3) is 0 Å². The van der Waals surface area contributed by atoms with Gasteiger partial charge in [-0.25, -0.2) is 17.5 Å². The van der Waals surface area contributed by atoms with Crippen LogP contribution in [0, 0.1) is 5.82 Å². The minimum Gasteiger partial charge on any atom is -0.392 e. The van der Waals surface area contributed by atoms with Crippen LogP contribution in [0.15, 0.2) is 48.5 Å². The molecule has 2 N–H and O–H groups in total. The Morgan fingerprint density at radius 3 is 2.43 bits per heavy atom. The molecular weight excluding hydrogens is 293 g/mol. The summed E-state index contributed by atoms with van der Waals surface area (Å²) in [6.07, 6.45) is 0. The van der Waals surface area contributed by atoms with E-state index in [4.69, 9.17) is 5.11 Å². The molecule has 0 aromatic heterocycles. The van der Waals surface area contributed by atoms with E-state index >= 15 is 0 Å². The fourth-order valence-electron chi connectivity index (χ4n) is 1.90. The van der Waals surface area contributed by atoms with Gasteiger partial charge in [0, 0.05) is 12.1 Å². The minimum atomic E-state index is -3.47. The third-order valence-electron chi connectivity index (χ3n) is 2.98. The van der Waals surface area contributed by atoms with Crippen molar-refractivity contribution in [3.05, 3.63) is 71.0 Å². The van der Waals surface area contributed by atoms with E-state index in [-0.39, 0.29) is 17.9 Å². The number of halogens is 1. The Balaban J connectivity index is 2.02. The Morgan fingerprint density at radius 2 is 1.76 bits per heavy atom. The van der Waals surface area contributed by atoms with Crippen molar-refractivity contribution in [2.45, 2.75) is 18.9 Å². The first-order valence-electron chi connectivity index (χ1n) is 6.39. The van der Waals surface area contributed by atoms with Crippen molar-refractivity contribution in [2.75, 3.05) is 0 Å². The molecule has 21 heavy (non-hydrogen) atoms. The molecule has 0 aliphatic rings. The van der Waals surface area contributed by atoms with Gasteiger partial charge in [0.15, 0.2) is 0 Å². The minimum absolute atomic E-state index is 0.0580. The van der Waals surface area contributed by atoms with E-state index in [0.29, 0.717) is 11.1 Å². The van der Waals surface area contributed by atoms with Crippen LogP contribution in [0.5, 0.6) is 0 Å². The Bertz CT molecular complexity index is 702. The van der Waals surface area contributed by atoms with Crippen molar-refractivity contribution in [1.82, 2.24) is 4.72 Å². The number of sulfonamides is 1. The molecule has 0 saturated carbocycles. The summed E-state index contributed by atoms with van der Waals surface area (Å²) >= 11 is 0. The molecule has 0 saturated heterocycles. The molecule has 0 heterocycles. The first-order valence-corrected chi connectivity index (χ1v) is 8.05. The molecule has 6 heteroatoms. The second-order valence-electron chi connectivity index (χ2n) is 4.65. The van der Waals surface area contributed by atoms with Crippen LogP contribution in [-0.4, -0.2) is 13.5 Å². The summed E-state index contributed by atoms with van der Waals surface area (Å²) in [4.78, 5) is 0. The van der Waals surface area contributed by atoms with Crippen LogP contribution in [0.25, 0.3) is 0 Å². The Morgan fingerprint density at radius 1 is 1.05 bits per heavy atom. The fourth-order valence-corrected chi connectivity index (χ4v) is 3.02. The zero-order valence-corrected chi connectivity index (χ0v) is 12.1. The topological polar surface area (TPSA) is 66.4 Å². The normalized spacial score (nSPS) is 11.5. The molecule has 0 spiro atoms. The zero-order chi connectivity index (χ0) is 15.3. The maximum absolute atomic E-state index is 13.2. The van der Waals surface area contributed by atoms with Crippen molar-refractivity contribution in [3.8, 4) is 0 Å². The molecule has 0 amide bonds. The summed E-state index contributed by atoms with van der Waals surface area (Å²) in [5.74, 6) is -0.615. The average molecular weight is 309 g/mol. The van der Waals surface area contributed by atoms with Gasteiger partial charge in [-0.1, -0.05) is 36.4 Å². The smallest absolute Gasteiger partial charge is 0.216 e. The molecule has 2 rings (SSSR count). The van der Waals surface area contributed by atoms with Gasteiger partial charge in [0.2, 0.25) is 10.0 Å². The molecule has 4 nitrogen and oxygen atoms in total. The fraction of sp³-hybridized carbons (Fsp3) is 0.200. The van der Waals surface area contributed by atoms with Crippen molar-refractivity contribution >= 4 is 10.0 Å². The summed E-state index contributed by atoms with van der Waals surface area (Å²) in [5, 5.41) is 8.99. The van der Waals surface area contributed by atoms with E-state index in [2.05, 4.69) is 4.72 Å². The van der Waals surface area contributed by atoms with Gasteiger partial charge >= 0.3 is 0 Å². The third kappa shape index (κ3) is 4.63. The van der Waals surface area contributed by atoms with E-state index in [1.807, 2.05) is 6.07 Å². The number of hydrogen-bond acceptors (Lipinski definition) is 3. The highest BCUT2D eigenvalue weighted by Gasteiger charge is 2.11. The summed E-state index contributed by atoms with van der Waals surface area (Å²) in [6.45, 7) is -0.362.